The molecule has 0 radical (unpaired) electrons. The molecular formula is C15H22N2O2. The molecule has 2 aliphatic rings. The molecule has 2 atom stereocenters. The summed E-state index contributed by atoms with van der Waals surface area (Å²) in [6.07, 6.45) is 7.49. The summed E-state index contributed by atoms with van der Waals surface area (Å²) in [6, 6.07) is 4.00. The molecule has 0 unspecified atom stereocenters. The van der Waals surface area contributed by atoms with Crippen LogP contribution in [0.3, 0.4) is 0 Å². The highest BCUT2D eigenvalue weighted by Crippen LogP contribution is 2.38. The van der Waals surface area contributed by atoms with Gasteiger partial charge in [0.25, 0.3) is 0 Å². The van der Waals surface area contributed by atoms with Gasteiger partial charge in [0.2, 0.25) is 0 Å². The second-order valence-corrected chi connectivity index (χ2v) is 5.64. The number of rotatable bonds is 4. The number of nitrogens with one attached hydrogen (secondary N) is 1. The van der Waals surface area contributed by atoms with Crippen LogP contribution in [0.2, 0.25) is 0 Å². The van der Waals surface area contributed by atoms with Crippen molar-refractivity contribution in [3.8, 4) is 0 Å². The zero-order valence-electron chi connectivity index (χ0n) is 11.3. The topological polar surface area (TPSA) is 43.4 Å². The molecule has 104 valence electrons. The lowest BCUT2D eigenvalue weighted by Gasteiger charge is -2.47. The van der Waals surface area contributed by atoms with E-state index in [1.165, 1.54) is 6.42 Å². The summed E-state index contributed by atoms with van der Waals surface area (Å²) >= 11 is 0. The summed E-state index contributed by atoms with van der Waals surface area (Å²) in [6.45, 7) is 4.41. The Bertz CT molecular complexity index is 384. The SMILES string of the molecule is c1cncc(COC[C@@]23CCCO[C@H]2CCNC3)c1. The molecule has 0 aromatic carbocycles. The predicted octanol–water partition coefficient (Wildman–Crippen LogP) is 1.76. The first-order valence-corrected chi connectivity index (χ1v) is 7.18. The van der Waals surface area contributed by atoms with Crippen molar-refractivity contribution in [2.75, 3.05) is 26.3 Å². The van der Waals surface area contributed by atoms with Crippen LogP contribution >= 0.6 is 0 Å². The number of ether oxygens (including phenoxy) is 2. The number of hydrogen-bond donors (Lipinski definition) is 1. The van der Waals surface area contributed by atoms with Crippen LogP contribution in [-0.4, -0.2) is 37.4 Å². The van der Waals surface area contributed by atoms with Gasteiger partial charge in [-0.15, -0.1) is 0 Å². The van der Waals surface area contributed by atoms with Crippen molar-refractivity contribution < 1.29 is 9.47 Å². The van der Waals surface area contributed by atoms with E-state index in [-0.39, 0.29) is 5.41 Å². The monoisotopic (exact) mass is 262 g/mol. The van der Waals surface area contributed by atoms with E-state index in [0.29, 0.717) is 12.7 Å². The van der Waals surface area contributed by atoms with Crippen molar-refractivity contribution in [3.05, 3.63) is 30.1 Å². The third-order valence-corrected chi connectivity index (χ3v) is 4.26. The van der Waals surface area contributed by atoms with E-state index in [4.69, 9.17) is 9.47 Å². The fraction of sp³-hybridized carbons (Fsp3) is 0.667. The lowest BCUT2D eigenvalue weighted by Crippen LogP contribution is -2.55. The van der Waals surface area contributed by atoms with Crippen molar-refractivity contribution in [3.63, 3.8) is 0 Å². The Balaban J connectivity index is 1.57. The van der Waals surface area contributed by atoms with Crippen LogP contribution in [0, 0.1) is 5.41 Å². The Labute approximate surface area is 114 Å². The van der Waals surface area contributed by atoms with Gasteiger partial charge in [-0.1, -0.05) is 6.07 Å². The first kappa shape index (κ1) is 13.0. The van der Waals surface area contributed by atoms with Crippen LogP contribution in [0.15, 0.2) is 24.5 Å². The molecule has 1 aromatic heterocycles. The van der Waals surface area contributed by atoms with Gasteiger partial charge in [-0.3, -0.25) is 4.98 Å². The van der Waals surface area contributed by atoms with E-state index in [0.717, 1.165) is 44.7 Å². The quantitative estimate of drug-likeness (QED) is 0.898. The molecule has 19 heavy (non-hydrogen) atoms. The van der Waals surface area contributed by atoms with Crippen LogP contribution in [0.4, 0.5) is 0 Å². The zero-order chi connectivity index (χ0) is 13.0. The Morgan fingerprint density at radius 2 is 2.53 bits per heavy atom. The zero-order valence-corrected chi connectivity index (χ0v) is 11.3. The maximum absolute atomic E-state index is 5.96. The van der Waals surface area contributed by atoms with Crippen LogP contribution < -0.4 is 5.32 Å². The molecule has 2 fully saturated rings. The van der Waals surface area contributed by atoms with E-state index in [1.807, 2.05) is 12.3 Å². The standard InChI is InChI=1S/C15H22N2O2/c1-3-13(9-16-6-1)10-18-12-15-5-2-8-19-14(15)4-7-17-11-15/h1,3,6,9,14,17H,2,4-5,7-8,10-12H2/t14-,15-/m0/s1. The Hall–Kier alpha value is -0.970. The third kappa shape index (κ3) is 2.96. The number of nitrogens with zero attached hydrogens (tertiary/aromatic N) is 1. The maximum atomic E-state index is 5.96. The van der Waals surface area contributed by atoms with Gasteiger partial charge in [0, 0.05) is 31.0 Å². The molecule has 0 saturated carbocycles. The van der Waals surface area contributed by atoms with Gasteiger partial charge in [0.15, 0.2) is 0 Å². The summed E-state index contributed by atoms with van der Waals surface area (Å²) in [5, 5.41) is 3.50. The van der Waals surface area contributed by atoms with Crippen LogP contribution in [0.25, 0.3) is 0 Å². The van der Waals surface area contributed by atoms with Gasteiger partial charge >= 0.3 is 0 Å². The van der Waals surface area contributed by atoms with E-state index in [1.54, 1.807) is 6.20 Å². The van der Waals surface area contributed by atoms with E-state index in [9.17, 15) is 0 Å². The number of aromatic nitrogens is 1. The van der Waals surface area contributed by atoms with Gasteiger partial charge < -0.3 is 14.8 Å². The molecule has 2 saturated heterocycles. The minimum absolute atomic E-state index is 0.179. The summed E-state index contributed by atoms with van der Waals surface area (Å²) in [5.41, 5.74) is 1.31. The molecule has 1 aromatic rings. The Morgan fingerprint density at radius 3 is 3.42 bits per heavy atom. The van der Waals surface area contributed by atoms with E-state index >= 15 is 0 Å². The predicted molar refractivity (Wildman–Crippen MR) is 72.8 cm³/mol. The maximum Gasteiger partial charge on any atom is 0.0732 e. The highest BCUT2D eigenvalue weighted by Gasteiger charge is 2.43. The molecule has 0 aliphatic carbocycles. The molecule has 3 rings (SSSR count). The van der Waals surface area contributed by atoms with E-state index < -0.39 is 0 Å². The number of fused-ring (bicyclic) bond motifs is 1. The molecule has 3 heterocycles. The number of hydrogen-bond acceptors (Lipinski definition) is 4. The first-order valence-electron chi connectivity index (χ1n) is 7.18. The Morgan fingerprint density at radius 1 is 1.53 bits per heavy atom. The average Bonchev–Trinajstić information content (AvgIpc) is 2.48. The van der Waals surface area contributed by atoms with Crippen molar-refractivity contribution in [2.45, 2.75) is 32.0 Å². The van der Waals surface area contributed by atoms with Gasteiger partial charge in [-0.2, -0.15) is 0 Å². The van der Waals surface area contributed by atoms with Gasteiger partial charge in [-0.25, -0.2) is 0 Å². The second kappa shape index (κ2) is 5.99. The normalized spacial score (nSPS) is 30.8. The summed E-state index contributed by atoms with van der Waals surface area (Å²) in [7, 11) is 0. The van der Waals surface area contributed by atoms with Crippen molar-refractivity contribution in [1.82, 2.24) is 10.3 Å². The van der Waals surface area contributed by atoms with Gasteiger partial charge in [0.1, 0.15) is 0 Å². The largest absolute Gasteiger partial charge is 0.377 e. The third-order valence-electron chi connectivity index (χ3n) is 4.26. The molecule has 0 amide bonds. The van der Waals surface area contributed by atoms with Crippen molar-refractivity contribution in [1.29, 1.82) is 0 Å². The van der Waals surface area contributed by atoms with Crippen LogP contribution in [0.1, 0.15) is 24.8 Å². The number of piperidine rings is 1. The molecule has 2 aliphatic heterocycles. The van der Waals surface area contributed by atoms with Crippen LogP contribution in [-0.2, 0) is 16.1 Å². The highest BCUT2D eigenvalue weighted by atomic mass is 16.5. The second-order valence-electron chi connectivity index (χ2n) is 5.64. The van der Waals surface area contributed by atoms with Crippen LogP contribution in [0.5, 0.6) is 0 Å². The molecule has 0 bridgehead atoms. The minimum atomic E-state index is 0.179. The van der Waals surface area contributed by atoms with Gasteiger partial charge in [-0.05, 0) is 37.4 Å². The molecule has 0 spiro atoms. The lowest BCUT2D eigenvalue weighted by molar-refractivity contribution is -0.132. The molecule has 4 nitrogen and oxygen atoms in total. The fourth-order valence-electron chi connectivity index (χ4n) is 3.22. The Kier molecular flexibility index (Phi) is 4.11. The molecule has 4 heteroatoms. The average molecular weight is 262 g/mol. The summed E-state index contributed by atoms with van der Waals surface area (Å²) < 4.78 is 11.9. The number of pyridine rings is 1. The smallest absolute Gasteiger partial charge is 0.0732 e. The van der Waals surface area contributed by atoms with Crippen molar-refractivity contribution in [2.24, 2.45) is 5.41 Å². The highest BCUT2D eigenvalue weighted by molar-refractivity contribution is 5.07. The van der Waals surface area contributed by atoms with Crippen molar-refractivity contribution >= 4 is 0 Å². The minimum Gasteiger partial charge on any atom is -0.377 e. The molecule has 1 N–H and O–H groups in total. The summed E-state index contributed by atoms with van der Waals surface area (Å²) in [5.74, 6) is 0. The fourth-order valence-corrected chi connectivity index (χ4v) is 3.22. The first-order chi connectivity index (χ1) is 9.39. The lowest BCUT2D eigenvalue weighted by atomic mass is 9.73. The van der Waals surface area contributed by atoms with E-state index in [2.05, 4.69) is 16.4 Å². The summed E-state index contributed by atoms with van der Waals surface area (Å²) in [4.78, 5) is 4.11. The molecular weight excluding hydrogens is 240 g/mol. The van der Waals surface area contributed by atoms with Gasteiger partial charge in [0.05, 0.1) is 19.3 Å².